The van der Waals surface area contributed by atoms with Crippen LogP contribution in [0.4, 0.5) is 8.78 Å². The highest BCUT2D eigenvalue weighted by molar-refractivity contribution is 5.28. The van der Waals surface area contributed by atoms with Gasteiger partial charge in [-0.05, 0) is 111 Å². The highest BCUT2D eigenvalue weighted by atomic mass is 19.1. The minimum Gasteiger partial charge on any atom is -0.246 e. The third kappa shape index (κ3) is 6.33. The Balaban J connectivity index is 1.23. The Morgan fingerprint density at radius 2 is 1.16 bits per heavy atom. The van der Waals surface area contributed by atoms with E-state index in [0.717, 1.165) is 49.5 Å². The monoisotopic (exact) mass is 440 g/mol. The Morgan fingerprint density at radius 1 is 0.719 bits per heavy atom. The predicted octanol–water partition coefficient (Wildman–Crippen LogP) is 9.44. The summed E-state index contributed by atoms with van der Waals surface area (Å²) in [5.74, 6) is 3.49. The highest BCUT2D eigenvalue weighted by Gasteiger charge is 2.26. The first-order valence-electron chi connectivity index (χ1n) is 13.3. The molecular weight excluding hydrogens is 398 g/mol. The number of halogens is 2. The third-order valence-corrected chi connectivity index (χ3v) is 8.76. The Kier molecular flexibility index (Phi) is 8.61. The molecule has 0 bridgehead atoms. The number of rotatable bonds is 6. The molecule has 0 amide bonds. The van der Waals surface area contributed by atoms with Crippen LogP contribution >= 0.6 is 0 Å². The summed E-state index contributed by atoms with van der Waals surface area (Å²) in [5, 5.41) is 0. The lowest BCUT2D eigenvalue weighted by Crippen LogP contribution is -2.15. The molecule has 0 aliphatic heterocycles. The molecule has 3 aliphatic carbocycles. The van der Waals surface area contributed by atoms with Gasteiger partial charge in [0.1, 0.15) is 12.5 Å². The summed E-state index contributed by atoms with van der Waals surface area (Å²) in [7, 11) is 0. The van der Waals surface area contributed by atoms with E-state index >= 15 is 0 Å². The van der Waals surface area contributed by atoms with Crippen molar-refractivity contribution in [2.75, 3.05) is 6.67 Å². The molecular formula is C30H42F2. The zero-order valence-corrected chi connectivity index (χ0v) is 20.0. The summed E-state index contributed by atoms with van der Waals surface area (Å²) in [6, 6.07) is 9.36. The van der Waals surface area contributed by atoms with E-state index < -0.39 is 6.67 Å². The van der Waals surface area contributed by atoms with Gasteiger partial charge in [-0.2, -0.15) is 0 Å². The average Bonchev–Trinajstić information content (AvgIpc) is 2.84. The van der Waals surface area contributed by atoms with Crippen LogP contribution in [0.3, 0.4) is 0 Å². The van der Waals surface area contributed by atoms with E-state index in [0.29, 0.717) is 11.8 Å². The van der Waals surface area contributed by atoms with Gasteiger partial charge in [0, 0.05) is 5.92 Å². The van der Waals surface area contributed by atoms with Crippen LogP contribution in [-0.4, -0.2) is 6.67 Å². The number of hydrogen-bond donors (Lipinski definition) is 0. The first-order valence-corrected chi connectivity index (χ1v) is 13.3. The summed E-state index contributed by atoms with van der Waals surface area (Å²) in [5.41, 5.74) is 2.91. The minimum atomic E-state index is -0.689. The van der Waals surface area contributed by atoms with Crippen molar-refractivity contribution in [3.05, 3.63) is 59.4 Å². The normalized spacial score (nSPS) is 34.7. The van der Waals surface area contributed by atoms with Crippen LogP contribution in [0.1, 0.15) is 107 Å². The van der Waals surface area contributed by atoms with Gasteiger partial charge >= 0.3 is 0 Å². The molecule has 0 radical (unpaired) electrons. The Bertz CT molecular complexity index is 738. The second-order valence-corrected chi connectivity index (χ2v) is 11.0. The SMILES string of the molecule is CC1CCC(/C=C/C2CCC(c3ccc(C4CCC(/C(F)=C/CF)CC4)cc3)CC2)CC1. The van der Waals surface area contributed by atoms with Crippen molar-refractivity contribution >= 4 is 0 Å². The molecule has 0 nitrogen and oxygen atoms in total. The summed E-state index contributed by atoms with van der Waals surface area (Å²) < 4.78 is 26.2. The predicted molar refractivity (Wildman–Crippen MR) is 131 cm³/mol. The zero-order chi connectivity index (χ0) is 22.3. The molecule has 0 N–H and O–H groups in total. The van der Waals surface area contributed by atoms with E-state index in [1.807, 2.05) is 0 Å². The van der Waals surface area contributed by atoms with Gasteiger partial charge in [-0.1, -0.05) is 56.2 Å². The van der Waals surface area contributed by atoms with Gasteiger partial charge in [-0.15, -0.1) is 0 Å². The Morgan fingerprint density at radius 3 is 1.62 bits per heavy atom. The second kappa shape index (κ2) is 11.6. The van der Waals surface area contributed by atoms with E-state index in [1.54, 1.807) is 0 Å². The number of hydrogen-bond acceptors (Lipinski definition) is 0. The molecule has 32 heavy (non-hydrogen) atoms. The maximum atomic E-state index is 13.9. The molecule has 1 aromatic rings. The topological polar surface area (TPSA) is 0 Å². The molecule has 0 heterocycles. The van der Waals surface area contributed by atoms with E-state index in [2.05, 4.69) is 43.3 Å². The molecule has 3 aliphatic rings. The van der Waals surface area contributed by atoms with Crippen LogP contribution in [0.15, 0.2) is 48.3 Å². The van der Waals surface area contributed by atoms with E-state index in [4.69, 9.17) is 0 Å². The fraction of sp³-hybridized carbons (Fsp3) is 0.667. The molecule has 0 aromatic heterocycles. The lowest BCUT2D eigenvalue weighted by molar-refractivity contribution is 0.318. The Labute approximate surface area is 194 Å². The van der Waals surface area contributed by atoms with Crippen LogP contribution in [0.2, 0.25) is 0 Å². The first-order chi connectivity index (χ1) is 15.6. The van der Waals surface area contributed by atoms with Crippen molar-refractivity contribution in [2.24, 2.45) is 23.7 Å². The Hall–Kier alpha value is -1.44. The highest BCUT2D eigenvalue weighted by Crippen LogP contribution is 2.41. The van der Waals surface area contributed by atoms with Gasteiger partial charge in [0.15, 0.2) is 0 Å². The maximum Gasteiger partial charge on any atom is 0.110 e. The van der Waals surface area contributed by atoms with Crippen LogP contribution in [-0.2, 0) is 0 Å². The van der Waals surface area contributed by atoms with E-state index in [9.17, 15) is 8.78 Å². The van der Waals surface area contributed by atoms with Crippen LogP contribution in [0, 0.1) is 23.7 Å². The standard InChI is InChI=1S/C30H42F2/c1-22-2-4-23(5-3-22)6-7-24-8-10-25(11-9-24)26-12-14-27(15-13-26)28-16-18-29(19-17-28)30(32)20-21-31/h6-7,12-15,20,22-25,28-29H,2-5,8-11,16-19,21H2,1H3/b7-6+,30-20-. The average molecular weight is 441 g/mol. The quantitative estimate of drug-likeness (QED) is 0.386. The van der Waals surface area contributed by atoms with Crippen molar-refractivity contribution in [1.82, 2.24) is 0 Å². The van der Waals surface area contributed by atoms with Gasteiger partial charge in [0.2, 0.25) is 0 Å². The van der Waals surface area contributed by atoms with E-state index in [-0.39, 0.29) is 11.7 Å². The summed E-state index contributed by atoms with van der Waals surface area (Å²) >= 11 is 0. The van der Waals surface area contributed by atoms with Crippen LogP contribution < -0.4 is 0 Å². The number of alkyl halides is 1. The van der Waals surface area contributed by atoms with Gasteiger partial charge < -0.3 is 0 Å². The van der Waals surface area contributed by atoms with Gasteiger partial charge in [-0.25, -0.2) is 8.78 Å². The largest absolute Gasteiger partial charge is 0.246 e. The fourth-order valence-corrected chi connectivity index (χ4v) is 6.42. The summed E-state index contributed by atoms with van der Waals surface area (Å²) in [6.45, 7) is 1.71. The van der Waals surface area contributed by atoms with Crippen LogP contribution in [0.5, 0.6) is 0 Å². The van der Waals surface area contributed by atoms with Crippen molar-refractivity contribution in [1.29, 1.82) is 0 Å². The smallest absolute Gasteiger partial charge is 0.110 e. The van der Waals surface area contributed by atoms with Crippen molar-refractivity contribution < 1.29 is 8.78 Å². The molecule has 3 saturated carbocycles. The van der Waals surface area contributed by atoms with Crippen molar-refractivity contribution in [3.8, 4) is 0 Å². The molecule has 4 rings (SSSR count). The molecule has 1 aromatic carbocycles. The first kappa shape index (κ1) is 23.7. The number of benzene rings is 1. The lowest BCUT2D eigenvalue weighted by Gasteiger charge is -2.30. The molecule has 2 heteroatoms. The molecule has 3 fully saturated rings. The van der Waals surface area contributed by atoms with E-state index in [1.165, 1.54) is 62.5 Å². The zero-order valence-electron chi connectivity index (χ0n) is 20.0. The van der Waals surface area contributed by atoms with Gasteiger partial charge in [0.25, 0.3) is 0 Å². The number of allylic oxidation sites excluding steroid dienone is 4. The van der Waals surface area contributed by atoms with Crippen molar-refractivity contribution in [2.45, 2.75) is 95.8 Å². The summed E-state index contributed by atoms with van der Waals surface area (Å²) in [6.07, 6.45) is 20.8. The van der Waals surface area contributed by atoms with Gasteiger partial charge in [0.05, 0.1) is 0 Å². The minimum absolute atomic E-state index is 0.0628. The molecule has 176 valence electrons. The molecule has 0 atom stereocenters. The maximum absolute atomic E-state index is 13.9. The lowest BCUT2D eigenvalue weighted by atomic mass is 9.76. The van der Waals surface area contributed by atoms with Crippen molar-refractivity contribution in [3.63, 3.8) is 0 Å². The molecule has 0 spiro atoms. The second-order valence-electron chi connectivity index (χ2n) is 11.0. The summed E-state index contributed by atoms with van der Waals surface area (Å²) in [4.78, 5) is 0. The molecule has 0 unspecified atom stereocenters. The van der Waals surface area contributed by atoms with Crippen LogP contribution in [0.25, 0.3) is 0 Å². The molecule has 0 saturated heterocycles. The third-order valence-electron chi connectivity index (χ3n) is 8.76. The fourth-order valence-electron chi connectivity index (χ4n) is 6.42. The van der Waals surface area contributed by atoms with Gasteiger partial charge in [-0.3, -0.25) is 0 Å².